The van der Waals surface area contributed by atoms with Crippen LogP contribution in [0, 0.1) is 25.0 Å². The van der Waals surface area contributed by atoms with Crippen molar-refractivity contribution in [3.8, 4) is 34.1 Å². The molecule has 5 nitrogen and oxygen atoms in total. The fraction of sp³-hybridized carbons (Fsp3) is 0.220. The summed E-state index contributed by atoms with van der Waals surface area (Å²) in [5, 5.41) is 6.99. The SMILES string of the molecule is Cc1cccc(CCC(C)C)c1-c1cnn(-c2[c-]c(Oc3[c-]c4c(cc3)c3ccccc3n4-c3cc(C(C)C)ccn3)ccc2)c1.[Pt+2]. The van der Waals surface area contributed by atoms with Crippen molar-refractivity contribution in [3.63, 3.8) is 0 Å². The van der Waals surface area contributed by atoms with Crippen LogP contribution in [0.25, 0.3) is 44.4 Å². The molecule has 6 heteroatoms. The van der Waals surface area contributed by atoms with E-state index in [2.05, 4.69) is 118 Å². The second-order valence-corrected chi connectivity index (χ2v) is 12.8. The predicted molar refractivity (Wildman–Crippen MR) is 187 cm³/mol. The van der Waals surface area contributed by atoms with Gasteiger partial charge in [0.2, 0.25) is 0 Å². The van der Waals surface area contributed by atoms with E-state index in [0.29, 0.717) is 23.3 Å². The molecule has 0 spiro atoms. The summed E-state index contributed by atoms with van der Waals surface area (Å²) >= 11 is 0. The summed E-state index contributed by atoms with van der Waals surface area (Å²) in [6.45, 7) is 11.1. The molecule has 0 aliphatic rings. The minimum atomic E-state index is 0. The standard InChI is InChI=1S/C41H38N4O.Pt/c1-27(2)16-17-30-11-8-10-29(5)41(30)32-25-43-44(26-32)33-12-9-13-34(23-33)46-35-18-19-37-36-14-6-7-15-38(36)45(39(37)24-35)40-22-31(28(3)4)20-21-42-40;/h6-15,18-22,25-28H,16-17H2,1-5H3;/q-2;+2. The first-order valence-electron chi connectivity index (χ1n) is 16.1. The molecule has 4 aromatic carbocycles. The Balaban J connectivity index is 0.00000386. The van der Waals surface area contributed by atoms with Gasteiger partial charge in [0.1, 0.15) is 5.82 Å². The van der Waals surface area contributed by atoms with Gasteiger partial charge in [-0.25, -0.2) is 4.98 Å². The number of fused-ring (bicyclic) bond motifs is 3. The predicted octanol–water partition coefficient (Wildman–Crippen LogP) is 10.4. The molecule has 0 aliphatic carbocycles. The summed E-state index contributed by atoms with van der Waals surface area (Å²) in [7, 11) is 0. The number of ether oxygens (including phenoxy) is 1. The first kappa shape index (κ1) is 32.5. The van der Waals surface area contributed by atoms with Gasteiger partial charge in [-0.2, -0.15) is 17.2 Å². The van der Waals surface area contributed by atoms with Crippen LogP contribution in [0.2, 0.25) is 0 Å². The van der Waals surface area contributed by atoms with Gasteiger partial charge >= 0.3 is 21.1 Å². The Morgan fingerprint density at radius 3 is 2.47 bits per heavy atom. The third-order valence-corrected chi connectivity index (χ3v) is 8.66. The topological polar surface area (TPSA) is 44.9 Å². The molecule has 3 heterocycles. The molecule has 0 radical (unpaired) electrons. The number of aromatic nitrogens is 4. The zero-order valence-electron chi connectivity index (χ0n) is 27.4. The Morgan fingerprint density at radius 1 is 0.830 bits per heavy atom. The van der Waals surface area contributed by atoms with Gasteiger partial charge in [0.15, 0.2) is 0 Å². The summed E-state index contributed by atoms with van der Waals surface area (Å²) in [5.41, 5.74) is 9.07. The summed E-state index contributed by atoms with van der Waals surface area (Å²) in [6.07, 6.45) is 8.13. The molecule has 47 heavy (non-hydrogen) atoms. The summed E-state index contributed by atoms with van der Waals surface area (Å²) in [5.74, 6) is 3.13. The average molecular weight is 798 g/mol. The second kappa shape index (κ2) is 13.7. The molecule has 0 bridgehead atoms. The van der Waals surface area contributed by atoms with Crippen molar-refractivity contribution in [1.82, 2.24) is 19.3 Å². The van der Waals surface area contributed by atoms with E-state index >= 15 is 0 Å². The molecule has 0 aliphatic heterocycles. The van der Waals surface area contributed by atoms with E-state index in [0.717, 1.165) is 51.7 Å². The number of benzene rings is 4. The van der Waals surface area contributed by atoms with Gasteiger partial charge in [0.25, 0.3) is 0 Å². The number of hydrogen-bond acceptors (Lipinski definition) is 3. The maximum absolute atomic E-state index is 6.40. The largest absolute Gasteiger partial charge is 2.00 e. The van der Waals surface area contributed by atoms with E-state index < -0.39 is 0 Å². The molecule has 0 saturated heterocycles. The molecule has 0 saturated carbocycles. The van der Waals surface area contributed by atoms with Gasteiger partial charge < -0.3 is 9.30 Å². The van der Waals surface area contributed by atoms with Crippen molar-refractivity contribution in [2.45, 2.75) is 53.4 Å². The quantitative estimate of drug-likeness (QED) is 0.137. The smallest absolute Gasteiger partial charge is 0.509 e. The Labute approximate surface area is 291 Å². The Bertz CT molecular complexity index is 2170. The first-order chi connectivity index (χ1) is 22.4. The van der Waals surface area contributed by atoms with Gasteiger partial charge in [-0.15, -0.1) is 35.7 Å². The summed E-state index contributed by atoms with van der Waals surface area (Å²) in [4.78, 5) is 4.76. The van der Waals surface area contributed by atoms with E-state index in [1.54, 1.807) is 0 Å². The van der Waals surface area contributed by atoms with Crippen LogP contribution in [0.5, 0.6) is 11.5 Å². The minimum Gasteiger partial charge on any atom is -0.509 e. The molecular formula is C41H38N4OPt. The Kier molecular flexibility index (Phi) is 9.47. The van der Waals surface area contributed by atoms with Crippen LogP contribution in [0.4, 0.5) is 0 Å². The van der Waals surface area contributed by atoms with Gasteiger partial charge in [0.05, 0.1) is 6.20 Å². The molecule has 3 aromatic heterocycles. The van der Waals surface area contributed by atoms with E-state index in [-0.39, 0.29) is 21.1 Å². The molecule has 7 rings (SSSR count). The van der Waals surface area contributed by atoms with Crippen molar-refractivity contribution in [1.29, 1.82) is 0 Å². The molecule has 7 aromatic rings. The number of nitrogens with zero attached hydrogens (tertiary/aromatic N) is 4. The fourth-order valence-electron chi connectivity index (χ4n) is 6.21. The van der Waals surface area contributed by atoms with E-state index in [4.69, 9.17) is 14.8 Å². The number of aryl methyl sites for hydroxylation is 2. The second-order valence-electron chi connectivity index (χ2n) is 12.8. The van der Waals surface area contributed by atoms with Crippen LogP contribution >= 0.6 is 0 Å². The molecule has 0 atom stereocenters. The van der Waals surface area contributed by atoms with Gasteiger partial charge in [-0.1, -0.05) is 69.6 Å². The molecule has 0 fully saturated rings. The molecule has 0 N–H and O–H groups in total. The number of hydrogen-bond donors (Lipinski definition) is 0. The zero-order chi connectivity index (χ0) is 31.8. The number of para-hydroxylation sites is 1. The van der Waals surface area contributed by atoms with Crippen molar-refractivity contribution in [3.05, 3.63) is 132 Å². The Hall–Kier alpha value is -4.47. The van der Waals surface area contributed by atoms with Crippen molar-refractivity contribution < 1.29 is 25.8 Å². The van der Waals surface area contributed by atoms with Crippen molar-refractivity contribution >= 4 is 21.8 Å². The number of rotatable bonds is 9. The van der Waals surface area contributed by atoms with E-state index in [9.17, 15) is 0 Å². The molecule has 0 amide bonds. The van der Waals surface area contributed by atoms with Crippen LogP contribution in [0.15, 0.2) is 104 Å². The monoisotopic (exact) mass is 797 g/mol. The zero-order valence-corrected chi connectivity index (χ0v) is 29.7. The van der Waals surface area contributed by atoms with Gasteiger partial charge in [0, 0.05) is 35.0 Å². The minimum absolute atomic E-state index is 0. The summed E-state index contributed by atoms with van der Waals surface area (Å²) in [6, 6.07) is 36.2. The third-order valence-electron chi connectivity index (χ3n) is 8.66. The van der Waals surface area contributed by atoms with E-state index in [1.807, 2.05) is 41.3 Å². The molecule has 0 unspecified atom stereocenters. The van der Waals surface area contributed by atoms with Crippen molar-refractivity contribution in [2.24, 2.45) is 5.92 Å². The maximum atomic E-state index is 6.40. The number of pyridine rings is 1. The van der Waals surface area contributed by atoms with Crippen LogP contribution in [-0.2, 0) is 27.5 Å². The molecule has 238 valence electrons. The normalized spacial score (nSPS) is 11.5. The average Bonchev–Trinajstić information content (AvgIpc) is 3.67. The van der Waals surface area contributed by atoms with Crippen LogP contribution in [0.1, 0.15) is 56.7 Å². The van der Waals surface area contributed by atoms with Crippen LogP contribution < -0.4 is 4.74 Å². The summed E-state index contributed by atoms with van der Waals surface area (Å²) < 4.78 is 10.4. The van der Waals surface area contributed by atoms with Crippen molar-refractivity contribution in [2.75, 3.05) is 0 Å². The van der Waals surface area contributed by atoms with E-state index in [1.165, 1.54) is 22.3 Å². The van der Waals surface area contributed by atoms with Crippen LogP contribution in [-0.4, -0.2) is 19.3 Å². The van der Waals surface area contributed by atoms with Gasteiger partial charge in [-0.05, 0) is 83.1 Å². The molecular weight excluding hydrogens is 760 g/mol. The third kappa shape index (κ3) is 6.55. The van der Waals surface area contributed by atoms with Crippen LogP contribution in [0.3, 0.4) is 0 Å². The Morgan fingerprint density at radius 2 is 1.64 bits per heavy atom. The van der Waals surface area contributed by atoms with Gasteiger partial charge in [-0.3, -0.25) is 4.68 Å². The first-order valence-corrected chi connectivity index (χ1v) is 16.1. The fourth-order valence-corrected chi connectivity index (χ4v) is 6.21. The maximum Gasteiger partial charge on any atom is 2.00 e.